The van der Waals surface area contributed by atoms with E-state index in [4.69, 9.17) is 14.2 Å². The Morgan fingerprint density at radius 2 is 1.79 bits per heavy atom. The van der Waals surface area contributed by atoms with Crippen molar-refractivity contribution in [3.63, 3.8) is 0 Å². The number of phenols is 1. The van der Waals surface area contributed by atoms with Crippen LogP contribution in [0.5, 0.6) is 17.2 Å². The molecule has 8 nitrogen and oxygen atoms in total. The molecule has 1 heterocycles. The maximum atomic E-state index is 13.0. The van der Waals surface area contributed by atoms with E-state index in [2.05, 4.69) is 0 Å². The third kappa shape index (κ3) is 5.12. The van der Waals surface area contributed by atoms with Crippen molar-refractivity contribution < 1.29 is 34.0 Å². The van der Waals surface area contributed by atoms with Crippen LogP contribution in [0.4, 0.5) is 0 Å². The number of aliphatic hydroxyl groups is 1. The molecule has 3 rings (SSSR count). The number of ketones is 1. The summed E-state index contributed by atoms with van der Waals surface area (Å²) < 4.78 is 16.0. The normalized spacial score (nSPS) is 17.6. The van der Waals surface area contributed by atoms with Gasteiger partial charge in [-0.2, -0.15) is 0 Å². The monoisotopic (exact) mass is 455 g/mol. The minimum Gasteiger partial charge on any atom is -0.507 e. The van der Waals surface area contributed by atoms with Gasteiger partial charge in [0.2, 0.25) is 0 Å². The highest BCUT2D eigenvalue weighted by Crippen LogP contribution is 2.41. The molecule has 1 saturated heterocycles. The molecule has 1 amide bonds. The Morgan fingerprint density at radius 1 is 1.09 bits per heavy atom. The molecule has 2 aromatic carbocycles. The van der Waals surface area contributed by atoms with Gasteiger partial charge in [0.1, 0.15) is 11.5 Å². The van der Waals surface area contributed by atoms with Crippen molar-refractivity contribution in [2.75, 3.05) is 34.0 Å². The number of Topliss-reactive ketones (excluding diaryl/α,β-unsaturated/α-hetero) is 1. The Kier molecular flexibility index (Phi) is 7.60. The number of phenolic OH excluding ortho intramolecular Hbond substituents is 1. The van der Waals surface area contributed by atoms with E-state index in [1.54, 1.807) is 36.4 Å². The molecule has 1 unspecified atom stereocenters. The average molecular weight is 456 g/mol. The topological polar surface area (TPSA) is 106 Å². The van der Waals surface area contributed by atoms with Crippen LogP contribution in [0.15, 0.2) is 48.0 Å². The second kappa shape index (κ2) is 10.4. The molecule has 176 valence electrons. The van der Waals surface area contributed by atoms with Gasteiger partial charge in [-0.1, -0.05) is 19.9 Å². The summed E-state index contributed by atoms with van der Waals surface area (Å²) in [4.78, 5) is 27.2. The molecule has 33 heavy (non-hydrogen) atoms. The van der Waals surface area contributed by atoms with Gasteiger partial charge in [-0.05, 0) is 47.9 Å². The van der Waals surface area contributed by atoms with Crippen LogP contribution in [-0.2, 0) is 14.3 Å². The Morgan fingerprint density at radius 3 is 2.39 bits per heavy atom. The lowest BCUT2D eigenvalue weighted by Gasteiger charge is -2.25. The van der Waals surface area contributed by atoms with Crippen molar-refractivity contribution in [2.24, 2.45) is 5.92 Å². The van der Waals surface area contributed by atoms with E-state index in [9.17, 15) is 19.8 Å². The highest BCUT2D eigenvalue weighted by atomic mass is 16.5. The fourth-order valence-electron chi connectivity index (χ4n) is 3.64. The van der Waals surface area contributed by atoms with Gasteiger partial charge in [-0.25, -0.2) is 0 Å². The average Bonchev–Trinajstić information content (AvgIpc) is 3.06. The molecule has 1 aliphatic rings. The second-order valence-corrected chi connectivity index (χ2v) is 8.15. The van der Waals surface area contributed by atoms with Crippen molar-refractivity contribution in [1.29, 1.82) is 0 Å². The Bertz CT molecular complexity index is 1040. The molecule has 0 saturated carbocycles. The maximum Gasteiger partial charge on any atom is 0.295 e. The number of hydrogen-bond acceptors (Lipinski definition) is 7. The van der Waals surface area contributed by atoms with Crippen LogP contribution in [0.2, 0.25) is 0 Å². The standard InChI is InChI=1S/C25H29NO7/c1-15(2)14-33-18-8-5-16(6-9-18)23(28)21-22(17-7-10-19(27)20(13-17)32-4)26(11-12-31-3)25(30)24(21)29/h5-10,13,15,22,27-28H,11-12,14H2,1-4H3/b23-21+. The molecule has 1 aliphatic heterocycles. The van der Waals surface area contributed by atoms with E-state index < -0.39 is 17.7 Å². The number of amides is 1. The molecule has 0 aromatic heterocycles. The van der Waals surface area contributed by atoms with Crippen LogP contribution >= 0.6 is 0 Å². The van der Waals surface area contributed by atoms with Crippen molar-refractivity contribution in [2.45, 2.75) is 19.9 Å². The molecule has 1 fully saturated rings. The molecule has 0 bridgehead atoms. The lowest BCUT2D eigenvalue weighted by molar-refractivity contribution is -0.140. The largest absolute Gasteiger partial charge is 0.507 e. The SMILES string of the molecule is COCCN1C(=O)C(=O)/C(=C(/O)c2ccc(OCC(C)C)cc2)C1c1ccc(O)c(OC)c1. The van der Waals surface area contributed by atoms with Crippen LogP contribution in [-0.4, -0.2) is 60.8 Å². The van der Waals surface area contributed by atoms with Crippen molar-refractivity contribution in [3.05, 3.63) is 59.2 Å². The van der Waals surface area contributed by atoms with Gasteiger partial charge in [0.15, 0.2) is 11.5 Å². The maximum absolute atomic E-state index is 13.0. The van der Waals surface area contributed by atoms with Gasteiger partial charge in [-0.15, -0.1) is 0 Å². The molecule has 2 aromatic rings. The number of carbonyl (C=O) groups excluding carboxylic acids is 2. The Balaban J connectivity index is 2.07. The van der Waals surface area contributed by atoms with Gasteiger partial charge in [0.25, 0.3) is 11.7 Å². The van der Waals surface area contributed by atoms with Crippen LogP contribution in [0.1, 0.15) is 31.0 Å². The zero-order chi connectivity index (χ0) is 24.1. The third-order valence-electron chi connectivity index (χ3n) is 5.31. The fraction of sp³-hybridized carbons (Fsp3) is 0.360. The lowest BCUT2D eigenvalue weighted by Crippen LogP contribution is -2.32. The zero-order valence-corrected chi connectivity index (χ0v) is 19.2. The minimum absolute atomic E-state index is 0.0419. The summed E-state index contributed by atoms with van der Waals surface area (Å²) in [7, 11) is 2.90. The number of benzene rings is 2. The summed E-state index contributed by atoms with van der Waals surface area (Å²) in [5, 5.41) is 21.1. The fourth-order valence-corrected chi connectivity index (χ4v) is 3.64. The first-order chi connectivity index (χ1) is 15.8. The van der Waals surface area contributed by atoms with Crippen molar-refractivity contribution in [3.8, 4) is 17.2 Å². The Hall–Kier alpha value is -3.52. The summed E-state index contributed by atoms with van der Waals surface area (Å²) >= 11 is 0. The predicted molar refractivity (Wildman–Crippen MR) is 122 cm³/mol. The number of nitrogens with zero attached hydrogens (tertiary/aromatic N) is 1. The van der Waals surface area contributed by atoms with E-state index in [1.807, 2.05) is 13.8 Å². The van der Waals surface area contributed by atoms with Gasteiger partial charge in [0.05, 0.1) is 31.9 Å². The minimum atomic E-state index is -0.869. The first kappa shape index (κ1) is 24.1. The quantitative estimate of drug-likeness (QED) is 0.339. The summed E-state index contributed by atoms with van der Waals surface area (Å²) in [6.07, 6.45) is 0. The lowest BCUT2D eigenvalue weighted by atomic mass is 9.95. The summed E-state index contributed by atoms with van der Waals surface area (Å²) in [6, 6.07) is 10.4. The van der Waals surface area contributed by atoms with E-state index in [-0.39, 0.29) is 36.0 Å². The number of aromatic hydroxyl groups is 1. The molecular weight excluding hydrogens is 426 g/mol. The van der Waals surface area contributed by atoms with Crippen LogP contribution < -0.4 is 9.47 Å². The van der Waals surface area contributed by atoms with Crippen molar-refractivity contribution in [1.82, 2.24) is 4.90 Å². The third-order valence-corrected chi connectivity index (χ3v) is 5.31. The number of likely N-dealkylation sites (tertiary alicyclic amines) is 1. The zero-order valence-electron chi connectivity index (χ0n) is 19.2. The number of methoxy groups -OCH3 is 2. The Labute approximate surface area is 193 Å². The van der Waals surface area contributed by atoms with Gasteiger partial charge < -0.3 is 29.3 Å². The predicted octanol–water partition coefficient (Wildman–Crippen LogP) is 3.50. The number of rotatable bonds is 9. The first-order valence-corrected chi connectivity index (χ1v) is 10.7. The molecular formula is C25H29NO7. The van der Waals surface area contributed by atoms with Crippen molar-refractivity contribution >= 4 is 17.4 Å². The number of ether oxygens (including phenoxy) is 3. The van der Waals surface area contributed by atoms with Crippen LogP contribution in [0, 0.1) is 5.92 Å². The highest BCUT2D eigenvalue weighted by molar-refractivity contribution is 6.46. The summed E-state index contributed by atoms with van der Waals surface area (Å²) in [5.74, 6) is -0.698. The van der Waals surface area contributed by atoms with Crippen LogP contribution in [0.25, 0.3) is 5.76 Å². The summed E-state index contributed by atoms with van der Waals surface area (Å²) in [6.45, 7) is 5.00. The van der Waals surface area contributed by atoms with Crippen LogP contribution in [0.3, 0.4) is 0 Å². The molecule has 0 spiro atoms. The molecule has 0 radical (unpaired) electrons. The second-order valence-electron chi connectivity index (χ2n) is 8.15. The van der Waals surface area contributed by atoms with Gasteiger partial charge in [-0.3, -0.25) is 9.59 Å². The first-order valence-electron chi connectivity index (χ1n) is 10.7. The molecule has 2 N–H and O–H groups in total. The smallest absolute Gasteiger partial charge is 0.295 e. The highest BCUT2D eigenvalue weighted by Gasteiger charge is 2.46. The number of carbonyl (C=O) groups is 2. The van der Waals surface area contributed by atoms with Gasteiger partial charge >= 0.3 is 0 Å². The molecule has 8 heteroatoms. The van der Waals surface area contributed by atoms with E-state index in [0.29, 0.717) is 29.4 Å². The van der Waals surface area contributed by atoms with E-state index in [0.717, 1.165) is 0 Å². The van der Waals surface area contributed by atoms with E-state index in [1.165, 1.54) is 25.2 Å². The number of aliphatic hydroxyl groups excluding tert-OH is 1. The number of hydrogen-bond donors (Lipinski definition) is 2. The molecule has 0 aliphatic carbocycles. The summed E-state index contributed by atoms with van der Waals surface area (Å²) in [5.41, 5.74) is 0.852. The molecule has 1 atom stereocenters. The van der Waals surface area contributed by atoms with E-state index >= 15 is 0 Å². The van der Waals surface area contributed by atoms with Gasteiger partial charge in [0, 0.05) is 19.2 Å².